The van der Waals surface area contributed by atoms with Crippen LogP contribution < -0.4 is 11.1 Å². The Morgan fingerprint density at radius 3 is 2.65 bits per heavy atom. The zero-order valence-corrected chi connectivity index (χ0v) is 9.85. The molecular formula is C11H14ClF3N2. The molecule has 0 saturated carbocycles. The van der Waals surface area contributed by atoms with Gasteiger partial charge in [-0.15, -0.1) is 0 Å². The molecule has 0 fully saturated rings. The molecular weight excluding hydrogens is 253 g/mol. The van der Waals surface area contributed by atoms with Gasteiger partial charge in [-0.2, -0.15) is 0 Å². The minimum Gasteiger partial charge on any atom is -0.329 e. The number of rotatable bonds is 6. The molecule has 1 aromatic rings. The van der Waals surface area contributed by atoms with E-state index in [1.807, 2.05) is 0 Å². The summed E-state index contributed by atoms with van der Waals surface area (Å²) in [5.74, 6) is -0.522. The molecule has 0 bridgehead atoms. The zero-order valence-electron chi connectivity index (χ0n) is 9.10. The molecule has 0 aromatic heterocycles. The standard InChI is InChI=1S/C11H14ClF3N2/c12-9-3-1-2-7(11(9)15)4-8(5-16)17-6-10(13)14/h1-3,8,10,17H,4-6,16H2. The highest BCUT2D eigenvalue weighted by atomic mass is 35.5. The molecule has 0 spiro atoms. The van der Waals surface area contributed by atoms with Crippen LogP contribution in [0.4, 0.5) is 13.2 Å². The van der Waals surface area contributed by atoms with E-state index in [2.05, 4.69) is 5.32 Å². The van der Waals surface area contributed by atoms with Crippen molar-refractivity contribution in [2.24, 2.45) is 5.73 Å². The molecule has 2 nitrogen and oxygen atoms in total. The van der Waals surface area contributed by atoms with E-state index >= 15 is 0 Å². The van der Waals surface area contributed by atoms with Crippen LogP contribution in [0.2, 0.25) is 5.02 Å². The van der Waals surface area contributed by atoms with Gasteiger partial charge in [-0.3, -0.25) is 0 Å². The highest BCUT2D eigenvalue weighted by molar-refractivity contribution is 6.30. The Labute approximate surface area is 103 Å². The van der Waals surface area contributed by atoms with E-state index in [9.17, 15) is 13.2 Å². The van der Waals surface area contributed by atoms with E-state index in [-0.39, 0.29) is 18.0 Å². The lowest BCUT2D eigenvalue weighted by Gasteiger charge is -2.17. The molecule has 17 heavy (non-hydrogen) atoms. The Hall–Kier alpha value is -0.780. The number of nitrogens with two attached hydrogens (primary N) is 1. The Morgan fingerprint density at radius 2 is 2.06 bits per heavy atom. The second kappa shape index (κ2) is 6.83. The van der Waals surface area contributed by atoms with Gasteiger partial charge < -0.3 is 11.1 Å². The quantitative estimate of drug-likeness (QED) is 0.828. The third-order valence-electron chi connectivity index (χ3n) is 2.34. The molecule has 6 heteroatoms. The molecule has 0 heterocycles. The molecule has 0 aliphatic carbocycles. The van der Waals surface area contributed by atoms with Crippen LogP contribution in [0.1, 0.15) is 5.56 Å². The van der Waals surface area contributed by atoms with E-state index in [1.165, 1.54) is 6.07 Å². The van der Waals surface area contributed by atoms with Gasteiger partial charge in [0.1, 0.15) is 5.82 Å². The summed E-state index contributed by atoms with van der Waals surface area (Å²) in [7, 11) is 0. The summed E-state index contributed by atoms with van der Waals surface area (Å²) in [6.07, 6.45) is -2.22. The fraction of sp³-hybridized carbons (Fsp3) is 0.455. The first kappa shape index (κ1) is 14.3. The average Bonchev–Trinajstić information content (AvgIpc) is 2.29. The van der Waals surface area contributed by atoms with Gasteiger partial charge in [-0.05, 0) is 18.1 Å². The number of hydrogen-bond acceptors (Lipinski definition) is 2. The molecule has 0 amide bonds. The summed E-state index contributed by atoms with van der Waals surface area (Å²) < 4.78 is 37.6. The van der Waals surface area contributed by atoms with Crippen LogP contribution in [0, 0.1) is 5.82 Å². The summed E-state index contributed by atoms with van der Waals surface area (Å²) in [5.41, 5.74) is 5.80. The Bertz CT molecular complexity index is 361. The molecule has 0 aliphatic heterocycles. The summed E-state index contributed by atoms with van der Waals surface area (Å²) in [5, 5.41) is 2.60. The third-order valence-corrected chi connectivity index (χ3v) is 2.64. The van der Waals surface area contributed by atoms with Crippen LogP contribution in [0.3, 0.4) is 0 Å². The van der Waals surface area contributed by atoms with E-state index < -0.39 is 24.8 Å². The summed E-state index contributed by atoms with van der Waals surface area (Å²) >= 11 is 5.62. The van der Waals surface area contributed by atoms with Gasteiger partial charge in [-0.1, -0.05) is 23.7 Å². The second-order valence-electron chi connectivity index (χ2n) is 3.65. The van der Waals surface area contributed by atoms with Gasteiger partial charge in [0.2, 0.25) is 0 Å². The maximum atomic E-state index is 13.5. The first-order valence-corrected chi connectivity index (χ1v) is 5.57. The van der Waals surface area contributed by atoms with E-state index in [0.29, 0.717) is 5.56 Å². The molecule has 0 aliphatic rings. The Morgan fingerprint density at radius 1 is 1.35 bits per heavy atom. The Kier molecular flexibility index (Phi) is 5.74. The van der Waals surface area contributed by atoms with Gasteiger partial charge in [0.05, 0.1) is 11.6 Å². The van der Waals surface area contributed by atoms with Crippen LogP contribution in [-0.2, 0) is 6.42 Å². The number of alkyl halides is 2. The molecule has 0 radical (unpaired) electrons. The van der Waals surface area contributed by atoms with Crippen LogP contribution in [0.25, 0.3) is 0 Å². The topological polar surface area (TPSA) is 38.0 Å². The van der Waals surface area contributed by atoms with Gasteiger partial charge in [-0.25, -0.2) is 13.2 Å². The maximum Gasteiger partial charge on any atom is 0.250 e. The van der Waals surface area contributed by atoms with Gasteiger partial charge >= 0.3 is 0 Å². The Balaban J connectivity index is 2.64. The first-order valence-electron chi connectivity index (χ1n) is 5.19. The smallest absolute Gasteiger partial charge is 0.250 e. The zero-order chi connectivity index (χ0) is 12.8. The van der Waals surface area contributed by atoms with Crippen LogP contribution >= 0.6 is 11.6 Å². The van der Waals surface area contributed by atoms with Crippen molar-refractivity contribution in [3.63, 3.8) is 0 Å². The first-order chi connectivity index (χ1) is 8.04. The van der Waals surface area contributed by atoms with Crippen LogP contribution in [0.5, 0.6) is 0 Å². The van der Waals surface area contributed by atoms with Crippen molar-refractivity contribution >= 4 is 11.6 Å². The number of hydrogen-bond donors (Lipinski definition) is 2. The molecule has 0 saturated heterocycles. The third kappa shape index (κ3) is 4.53. The van der Waals surface area contributed by atoms with E-state index in [4.69, 9.17) is 17.3 Å². The minimum absolute atomic E-state index is 0.0205. The summed E-state index contributed by atoms with van der Waals surface area (Å²) in [6, 6.07) is 4.22. The lowest BCUT2D eigenvalue weighted by Crippen LogP contribution is -2.40. The normalized spacial score (nSPS) is 13.1. The van der Waals surface area contributed by atoms with Crippen molar-refractivity contribution in [2.45, 2.75) is 18.9 Å². The van der Waals surface area contributed by atoms with E-state index in [1.54, 1.807) is 12.1 Å². The van der Waals surface area contributed by atoms with Crippen molar-refractivity contribution in [1.29, 1.82) is 0 Å². The van der Waals surface area contributed by atoms with Crippen molar-refractivity contribution in [3.8, 4) is 0 Å². The second-order valence-corrected chi connectivity index (χ2v) is 4.06. The monoisotopic (exact) mass is 266 g/mol. The lowest BCUT2D eigenvalue weighted by molar-refractivity contribution is 0.141. The SMILES string of the molecule is NCC(Cc1cccc(Cl)c1F)NCC(F)F. The van der Waals surface area contributed by atoms with Crippen molar-refractivity contribution in [3.05, 3.63) is 34.6 Å². The number of nitrogens with one attached hydrogen (secondary N) is 1. The summed E-state index contributed by atoms with van der Waals surface area (Å²) in [6.45, 7) is -0.303. The van der Waals surface area contributed by atoms with Gasteiger partial charge in [0.25, 0.3) is 6.43 Å². The van der Waals surface area contributed by atoms with Crippen molar-refractivity contribution < 1.29 is 13.2 Å². The molecule has 1 aromatic carbocycles. The molecule has 1 rings (SSSR count). The maximum absolute atomic E-state index is 13.5. The van der Waals surface area contributed by atoms with Crippen molar-refractivity contribution in [1.82, 2.24) is 5.32 Å². The lowest BCUT2D eigenvalue weighted by atomic mass is 10.1. The predicted molar refractivity (Wildman–Crippen MR) is 62.0 cm³/mol. The average molecular weight is 267 g/mol. The fourth-order valence-corrected chi connectivity index (χ4v) is 1.66. The predicted octanol–water partition coefficient (Wildman–Crippen LogP) is 2.20. The van der Waals surface area contributed by atoms with Crippen LogP contribution in [0.15, 0.2) is 18.2 Å². The largest absolute Gasteiger partial charge is 0.329 e. The van der Waals surface area contributed by atoms with Crippen molar-refractivity contribution in [2.75, 3.05) is 13.1 Å². The fourth-order valence-electron chi connectivity index (χ4n) is 1.47. The van der Waals surface area contributed by atoms with Crippen LogP contribution in [-0.4, -0.2) is 25.6 Å². The molecule has 3 N–H and O–H groups in total. The molecule has 1 atom stereocenters. The molecule has 96 valence electrons. The van der Waals surface area contributed by atoms with Gasteiger partial charge in [0, 0.05) is 12.6 Å². The number of halogens is 4. The molecule has 1 unspecified atom stereocenters. The van der Waals surface area contributed by atoms with Gasteiger partial charge in [0.15, 0.2) is 0 Å². The minimum atomic E-state index is -2.45. The van der Waals surface area contributed by atoms with E-state index in [0.717, 1.165) is 0 Å². The highest BCUT2D eigenvalue weighted by Gasteiger charge is 2.14. The highest BCUT2D eigenvalue weighted by Crippen LogP contribution is 2.18. The summed E-state index contributed by atoms with van der Waals surface area (Å²) in [4.78, 5) is 0. The number of benzene rings is 1.